The van der Waals surface area contributed by atoms with Crippen molar-refractivity contribution in [2.75, 3.05) is 13.2 Å². The Morgan fingerprint density at radius 2 is 1.81 bits per heavy atom. The minimum absolute atomic E-state index is 0.237. The zero-order chi connectivity index (χ0) is 15.5. The maximum absolute atomic E-state index is 13.3. The zero-order valence-corrected chi connectivity index (χ0v) is 13.5. The molecule has 0 unspecified atom stereocenters. The Kier molecular flexibility index (Phi) is 5.38. The number of hydrogen-bond donors (Lipinski definition) is 2. The molecule has 0 atom stereocenters. The molecule has 0 bridgehead atoms. The summed E-state index contributed by atoms with van der Waals surface area (Å²) in [5, 5.41) is 20.2. The minimum atomic E-state index is -0.859. The lowest BCUT2D eigenvalue weighted by Gasteiger charge is -2.31. The second-order valence-corrected chi connectivity index (χ2v) is 6.32. The fourth-order valence-electron chi connectivity index (χ4n) is 2.31. The molecule has 21 heavy (non-hydrogen) atoms. The van der Waals surface area contributed by atoms with Crippen LogP contribution in [0.25, 0.3) is 0 Å². The molecular weight excluding hydrogens is 359 g/mol. The first-order chi connectivity index (χ1) is 10.0. The molecule has 0 saturated heterocycles. The van der Waals surface area contributed by atoms with Gasteiger partial charge in [-0.15, -0.1) is 0 Å². The summed E-state index contributed by atoms with van der Waals surface area (Å²) < 4.78 is 13.7. The summed E-state index contributed by atoms with van der Waals surface area (Å²) in [4.78, 5) is 0. The molecule has 2 aromatic carbocycles. The van der Waals surface area contributed by atoms with Crippen LogP contribution in [0.2, 0.25) is 5.02 Å². The van der Waals surface area contributed by atoms with Crippen LogP contribution in [0.1, 0.15) is 11.1 Å². The summed E-state index contributed by atoms with van der Waals surface area (Å²) >= 11 is 9.14. The van der Waals surface area contributed by atoms with E-state index in [9.17, 15) is 14.6 Å². The third-order valence-electron chi connectivity index (χ3n) is 3.57. The molecule has 112 valence electrons. The Balaban J connectivity index is 2.40. The molecule has 2 nitrogen and oxygen atoms in total. The van der Waals surface area contributed by atoms with Crippen molar-refractivity contribution in [3.05, 3.63) is 68.9 Å². The monoisotopic (exact) mass is 372 g/mol. The van der Waals surface area contributed by atoms with E-state index >= 15 is 0 Å². The van der Waals surface area contributed by atoms with E-state index in [2.05, 4.69) is 15.9 Å². The topological polar surface area (TPSA) is 40.5 Å². The van der Waals surface area contributed by atoms with Crippen molar-refractivity contribution in [1.29, 1.82) is 0 Å². The van der Waals surface area contributed by atoms with Gasteiger partial charge in [0.2, 0.25) is 0 Å². The molecule has 0 saturated carbocycles. The Bertz CT molecular complexity index is 629. The van der Waals surface area contributed by atoms with E-state index in [4.69, 9.17) is 11.6 Å². The molecule has 0 heterocycles. The first-order valence-electron chi connectivity index (χ1n) is 6.42. The summed E-state index contributed by atoms with van der Waals surface area (Å²) in [6.07, 6.45) is 0.374. The first kappa shape index (κ1) is 16.4. The highest BCUT2D eigenvalue weighted by Crippen LogP contribution is 2.31. The maximum Gasteiger partial charge on any atom is 0.137 e. The summed E-state index contributed by atoms with van der Waals surface area (Å²) in [5.74, 6) is -0.347. The number of benzene rings is 2. The average molecular weight is 374 g/mol. The average Bonchev–Trinajstić information content (AvgIpc) is 2.48. The number of hydrogen-bond acceptors (Lipinski definition) is 2. The van der Waals surface area contributed by atoms with Gasteiger partial charge in [-0.25, -0.2) is 4.39 Å². The van der Waals surface area contributed by atoms with E-state index < -0.39 is 5.41 Å². The maximum atomic E-state index is 13.3. The number of rotatable bonds is 5. The van der Waals surface area contributed by atoms with Gasteiger partial charge in [0, 0.05) is 10.4 Å². The van der Waals surface area contributed by atoms with Crippen LogP contribution >= 0.6 is 27.5 Å². The van der Waals surface area contributed by atoms with E-state index in [-0.39, 0.29) is 19.0 Å². The molecule has 0 radical (unpaired) electrons. The van der Waals surface area contributed by atoms with Gasteiger partial charge < -0.3 is 10.2 Å². The summed E-state index contributed by atoms with van der Waals surface area (Å²) in [6, 6.07) is 11.7. The lowest BCUT2D eigenvalue weighted by atomic mass is 9.77. The van der Waals surface area contributed by atoms with Crippen molar-refractivity contribution in [2.24, 2.45) is 0 Å². The molecule has 0 spiro atoms. The number of halogens is 3. The Morgan fingerprint density at radius 3 is 2.38 bits per heavy atom. The Hall–Kier alpha value is -0.940. The third kappa shape index (κ3) is 3.64. The highest BCUT2D eigenvalue weighted by molar-refractivity contribution is 9.10. The quantitative estimate of drug-likeness (QED) is 0.839. The van der Waals surface area contributed by atoms with Crippen molar-refractivity contribution >= 4 is 27.5 Å². The van der Waals surface area contributed by atoms with Gasteiger partial charge in [-0.2, -0.15) is 0 Å². The molecule has 0 fully saturated rings. The second-order valence-electron chi connectivity index (χ2n) is 5.03. The van der Waals surface area contributed by atoms with Crippen molar-refractivity contribution < 1.29 is 14.6 Å². The van der Waals surface area contributed by atoms with Crippen molar-refractivity contribution in [3.63, 3.8) is 0 Å². The number of aliphatic hydroxyl groups is 2. The SMILES string of the molecule is OCC(CO)(Cc1ccc(F)c(Br)c1)c1cccc(Cl)c1. The van der Waals surface area contributed by atoms with E-state index in [1.165, 1.54) is 6.07 Å². The summed E-state index contributed by atoms with van der Waals surface area (Å²) in [6.45, 7) is -0.475. The van der Waals surface area contributed by atoms with Crippen LogP contribution in [0.5, 0.6) is 0 Å². The highest BCUT2D eigenvalue weighted by atomic mass is 79.9. The largest absolute Gasteiger partial charge is 0.395 e. The predicted molar refractivity (Wildman–Crippen MR) is 85.1 cm³/mol. The molecule has 2 rings (SSSR count). The molecule has 0 aromatic heterocycles. The second kappa shape index (κ2) is 6.88. The molecule has 0 amide bonds. The van der Waals surface area contributed by atoms with E-state index in [1.54, 1.807) is 30.3 Å². The van der Waals surface area contributed by atoms with Crippen LogP contribution < -0.4 is 0 Å². The molecule has 5 heteroatoms. The van der Waals surface area contributed by atoms with Gasteiger partial charge >= 0.3 is 0 Å². The van der Waals surface area contributed by atoms with E-state index in [0.717, 1.165) is 11.1 Å². The van der Waals surface area contributed by atoms with Crippen LogP contribution in [-0.2, 0) is 11.8 Å². The van der Waals surface area contributed by atoms with Crippen molar-refractivity contribution in [3.8, 4) is 0 Å². The fraction of sp³-hybridized carbons (Fsp3) is 0.250. The summed E-state index contributed by atoms with van der Waals surface area (Å²) in [5.41, 5.74) is 0.703. The molecule has 2 aromatic rings. The molecule has 0 aliphatic rings. The minimum Gasteiger partial charge on any atom is -0.395 e. The van der Waals surface area contributed by atoms with E-state index in [0.29, 0.717) is 15.9 Å². The Morgan fingerprint density at radius 1 is 1.10 bits per heavy atom. The standard InChI is InChI=1S/C16H15BrClFO2/c17-14-6-11(4-5-15(14)19)8-16(9-20,10-21)12-2-1-3-13(18)7-12/h1-7,20-21H,8-10H2. The van der Waals surface area contributed by atoms with Crippen LogP contribution in [0.4, 0.5) is 4.39 Å². The van der Waals surface area contributed by atoms with Gasteiger partial charge in [-0.05, 0) is 57.7 Å². The zero-order valence-electron chi connectivity index (χ0n) is 11.2. The van der Waals surface area contributed by atoms with Crippen LogP contribution in [-0.4, -0.2) is 23.4 Å². The molecule has 0 aliphatic heterocycles. The summed E-state index contributed by atoms with van der Waals surface area (Å²) in [7, 11) is 0. The van der Waals surface area contributed by atoms with Gasteiger partial charge in [0.05, 0.1) is 17.7 Å². The first-order valence-corrected chi connectivity index (χ1v) is 7.59. The Labute approximate surface area is 136 Å². The molecular formula is C16H15BrClFO2. The molecule has 0 aliphatic carbocycles. The third-order valence-corrected chi connectivity index (χ3v) is 4.41. The fourth-order valence-corrected chi connectivity index (χ4v) is 2.92. The van der Waals surface area contributed by atoms with Gasteiger partial charge in [0.15, 0.2) is 0 Å². The van der Waals surface area contributed by atoms with Gasteiger partial charge in [-0.1, -0.05) is 29.8 Å². The lowest BCUT2D eigenvalue weighted by molar-refractivity contribution is 0.116. The predicted octanol–water partition coefficient (Wildman–Crippen LogP) is 3.71. The van der Waals surface area contributed by atoms with Crippen molar-refractivity contribution in [1.82, 2.24) is 0 Å². The highest BCUT2D eigenvalue weighted by Gasteiger charge is 2.31. The van der Waals surface area contributed by atoms with Crippen LogP contribution in [0.15, 0.2) is 46.9 Å². The number of aliphatic hydroxyl groups excluding tert-OH is 2. The van der Waals surface area contributed by atoms with Crippen LogP contribution in [0.3, 0.4) is 0 Å². The van der Waals surface area contributed by atoms with Gasteiger partial charge in [-0.3, -0.25) is 0 Å². The normalized spacial score (nSPS) is 11.7. The lowest BCUT2D eigenvalue weighted by Crippen LogP contribution is -2.37. The molecule has 2 N–H and O–H groups in total. The van der Waals surface area contributed by atoms with Gasteiger partial charge in [0.1, 0.15) is 5.82 Å². The van der Waals surface area contributed by atoms with Crippen LogP contribution in [0, 0.1) is 5.82 Å². The van der Waals surface area contributed by atoms with Gasteiger partial charge in [0.25, 0.3) is 0 Å². The van der Waals surface area contributed by atoms with Crippen molar-refractivity contribution in [2.45, 2.75) is 11.8 Å². The smallest absolute Gasteiger partial charge is 0.137 e. The van der Waals surface area contributed by atoms with E-state index in [1.807, 2.05) is 6.07 Å².